The Morgan fingerprint density at radius 1 is 0.714 bits per heavy atom. The summed E-state index contributed by atoms with van der Waals surface area (Å²) in [6, 6.07) is 0. The van der Waals surface area contributed by atoms with Gasteiger partial charge < -0.3 is 4.74 Å². The minimum Gasteiger partial charge on any atom is -0.382 e. The summed E-state index contributed by atoms with van der Waals surface area (Å²) in [6.45, 7) is 3.78. The maximum atomic E-state index is 10.5. The van der Waals surface area contributed by atoms with Crippen molar-refractivity contribution in [3.8, 4) is 0 Å². The summed E-state index contributed by atoms with van der Waals surface area (Å²) >= 11 is 0. The largest absolute Gasteiger partial charge is 0.382 e. The molecule has 0 spiro atoms. The fraction of sp³-hybridized carbons (Fsp3) is 1.00. The molecule has 21 heavy (non-hydrogen) atoms. The lowest BCUT2D eigenvalue weighted by molar-refractivity contribution is 0.143. The highest BCUT2D eigenvalue weighted by molar-refractivity contribution is 7.85. The topological polar surface area (TPSA) is 63.6 Å². The summed E-state index contributed by atoms with van der Waals surface area (Å²) in [5.41, 5.74) is 0. The number of rotatable bonds is 16. The fourth-order valence-corrected chi connectivity index (χ4v) is 2.97. The zero-order valence-electron chi connectivity index (χ0n) is 13.7. The van der Waals surface area contributed by atoms with Crippen LogP contribution in [0.1, 0.15) is 84.0 Å². The van der Waals surface area contributed by atoms with Crippen LogP contribution in [0.4, 0.5) is 0 Å². The number of unbranched alkanes of at least 4 members (excludes halogenated alkanes) is 11. The lowest BCUT2D eigenvalue weighted by Gasteiger charge is -2.03. The van der Waals surface area contributed by atoms with Gasteiger partial charge in [0.25, 0.3) is 10.1 Å². The second kappa shape index (κ2) is 14.8. The minimum absolute atomic E-state index is 0.0870. The monoisotopic (exact) mass is 322 g/mol. The first-order chi connectivity index (χ1) is 10.1. The second-order valence-electron chi connectivity index (χ2n) is 5.73. The van der Waals surface area contributed by atoms with Crippen molar-refractivity contribution >= 4 is 10.1 Å². The van der Waals surface area contributed by atoms with Gasteiger partial charge in [0, 0.05) is 13.2 Å². The zero-order chi connectivity index (χ0) is 15.8. The van der Waals surface area contributed by atoms with E-state index in [1.807, 2.05) is 6.92 Å². The molecule has 0 heterocycles. The number of hydrogen-bond donors (Lipinski definition) is 1. The molecule has 0 aromatic rings. The van der Waals surface area contributed by atoms with Gasteiger partial charge in [-0.1, -0.05) is 64.2 Å². The van der Waals surface area contributed by atoms with Gasteiger partial charge in [-0.3, -0.25) is 4.55 Å². The third kappa shape index (κ3) is 19.9. The number of hydrogen-bond acceptors (Lipinski definition) is 3. The Morgan fingerprint density at radius 2 is 1.10 bits per heavy atom. The highest BCUT2D eigenvalue weighted by Crippen LogP contribution is 2.12. The van der Waals surface area contributed by atoms with Gasteiger partial charge in [0.05, 0.1) is 5.75 Å². The first-order valence-corrected chi connectivity index (χ1v) is 10.2. The van der Waals surface area contributed by atoms with Crippen LogP contribution in [0.3, 0.4) is 0 Å². The molecule has 0 atom stereocenters. The zero-order valence-corrected chi connectivity index (χ0v) is 14.5. The maximum Gasteiger partial charge on any atom is 0.264 e. The van der Waals surface area contributed by atoms with E-state index in [0.717, 1.165) is 26.1 Å². The SMILES string of the molecule is CCOCCCCCCCCCCCCCCS(=O)(=O)O. The summed E-state index contributed by atoms with van der Waals surface area (Å²) in [5.74, 6) is -0.0870. The van der Waals surface area contributed by atoms with Gasteiger partial charge in [0.2, 0.25) is 0 Å². The van der Waals surface area contributed by atoms with Crippen LogP contribution in [0.25, 0.3) is 0 Å². The predicted molar refractivity (Wildman–Crippen MR) is 88.3 cm³/mol. The molecule has 0 rings (SSSR count). The standard InChI is InChI=1S/C16H34O4S/c1-2-20-15-13-11-9-7-5-3-4-6-8-10-12-14-16-21(17,18)19/h2-16H2,1H3,(H,17,18,19). The van der Waals surface area contributed by atoms with Gasteiger partial charge >= 0.3 is 0 Å². The van der Waals surface area contributed by atoms with E-state index >= 15 is 0 Å². The van der Waals surface area contributed by atoms with Crippen LogP contribution in [0.15, 0.2) is 0 Å². The Kier molecular flexibility index (Phi) is 14.7. The van der Waals surface area contributed by atoms with Crippen LogP contribution in [0, 0.1) is 0 Å². The van der Waals surface area contributed by atoms with Crippen molar-refractivity contribution in [2.24, 2.45) is 0 Å². The quantitative estimate of drug-likeness (QED) is 0.333. The summed E-state index contributed by atoms with van der Waals surface area (Å²) in [5, 5.41) is 0. The molecule has 0 aromatic heterocycles. The van der Waals surface area contributed by atoms with Crippen LogP contribution in [-0.2, 0) is 14.9 Å². The van der Waals surface area contributed by atoms with Crippen molar-refractivity contribution in [3.05, 3.63) is 0 Å². The van der Waals surface area contributed by atoms with Crippen molar-refractivity contribution in [2.45, 2.75) is 84.0 Å². The Morgan fingerprint density at radius 3 is 1.48 bits per heavy atom. The van der Waals surface area contributed by atoms with Crippen molar-refractivity contribution < 1.29 is 17.7 Å². The second-order valence-corrected chi connectivity index (χ2v) is 7.30. The van der Waals surface area contributed by atoms with Gasteiger partial charge in [0.1, 0.15) is 0 Å². The summed E-state index contributed by atoms with van der Waals surface area (Å²) in [7, 11) is -3.75. The molecule has 0 aliphatic carbocycles. The Balaban J connectivity index is 3.03. The van der Waals surface area contributed by atoms with Gasteiger partial charge in [-0.15, -0.1) is 0 Å². The van der Waals surface area contributed by atoms with Crippen LogP contribution in [0.2, 0.25) is 0 Å². The molecule has 0 radical (unpaired) electrons. The Labute approximate surface area is 131 Å². The molecule has 0 saturated heterocycles. The maximum absolute atomic E-state index is 10.5. The summed E-state index contributed by atoms with van der Waals surface area (Å²) in [6.07, 6.45) is 14.1. The van der Waals surface area contributed by atoms with E-state index in [1.165, 1.54) is 57.8 Å². The normalized spacial score (nSPS) is 11.9. The Hall–Kier alpha value is -0.130. The molecule has 0 fully saturated rings. The summed E-state index contributed by atoms with van der Waals surface area (Å²) in [4.78, 5) is 0. The molecule has 128 valence electrons. The third-order valence-electron chi connectivity index (χ3n) is 3.65. The van der Waals surface area contributed by atoms with Crippen LogP contribution >= 0.6 is 0 Å². The van der Waals surface area contributed by atoms with Crippen molar-refractivity contribution in [2.75, 3.05) is 19.0 Å². The molecule has 4 nitrogen and oxygen atoms in total. The molecule has 0 aliphatic heterocycles. The molecular formula is C16H34O4S. The van der Waals surface area contributed by atoms with Gasteiger partial charge in [-0.05, 0) is 19.8 Å². The van der Waals surface area contributed by atoms with E-state index in [4.69, 9.17) is 9.29 Å². The highest BCUT2D eigenvalue weighted by Gasteiger charge is 2.02. The molecule has 0 bridgehead atoms. The first kappa shape index (κ1) is 20.9. The summed E-state index contributed by atoms with van der Waals surface area (Å²) < 4.78 is 34.9. The van der Waals surface area contributed by atoms with Gasteiger partial charge in [0.15, 0.2) is 0 Å². The smallest absolute Gasteiger partial charge is 0.264 e. The third-order valence-corrected chi connectivity index (χ3v) is 4.45. The first-order valence-electron chi connectivity index (χ1n) is 8.59. The van der Waals surface area contributed by atoms with Crippen molar-refractivity contribution in [3.63, 3.8) is 0 Å². The molecule has 1 N–H and O–H groups in total. The van der Waals surface area contributed by atoms with Crippen molar-refractivity contribution in [1.82, 2.24) is 0 Å². The fourth-order valence-electron chi connectivity index (χ4n) is 2.40. The highest BCUT2D eigenvalue weighted by atomic mass is 32.2. The van der Waals surface area contributed by atoms with Crippen LogP contribution < -0.4 is 0 Å². The van der Waals surface area contributed by atoms with E-state index in [-0.39, 0.29) is 5.75 Å². The van der Waals surface area contributed by atoms with Gasteiger partial charge in [-0.25, -0.2) is 0 Å². The molecule has 5 heteroatoms. The lowest BCUT2D eigenvalue weighted by Crippen LogP contribution is -2.03. The molecule has 0 aromatic carbocycles. The molecule has 0 saturated carbocycles. The van der Waals surface area contributed by atoms with Gasteiger partial charge in [-0.2, -0.15) is 8.42 Å². The Bertz CT molecular complexity index is 301. The van der Waals surface area contributed by atoms with E-state index in [0.29, 0.717) is 6.42 Å². The lowest BCUT2D eigenvalue weighted by atomic mass is 10.1. The molecule has 0 unspecified atom stereocenters. The molecule has 0 aliphatic rings. The predicted octanol–water partition coefficient (Wildman–Crippen LogP) is 4.59. The average molecular weight is 323 g/mol. The van der Waals surface area contributed by atoms with Crippen LogP contribution in [-0.4, -0.2) is 31.9 Å². The average Bonchev–Trinajstić information content (AvgIpc) is 2.42. The van der Waals surface area contributed by atoms with Crippen molar-refractivity contribution in [1.29, 1.82) is 0 Å². The van der Waals surface area contributed by atoms with E-state index in [9.17, 15) is 8.42 Å². The van der Waals surface area contributed by atoms with E-state index < -0.39 is 10.1 Å². The molecular weight excluding hydrogens is 288 g/mol. The minimum atomic E-state index is -3.75. The van der Waals surface area contributed by atoms with E-state index in [2.05, 4.69) is 0 Å². The van der Waals surface area contributed by atoms with E-state index in [1.54, 1.807) is 0 Å². The number of ether oxygens (including phenoxy) is 1. The molecule has 0 amide bonds. The van der Waals surface area contributed by atoms with Crippen LogP contribution in [0.5, 0.6) is 0 Å².